The number of morpholine rings is 1. The van der Waals surface area contributed by atoms with Crippen molar-refractivity contribution in [2.75, 3.05) is 24.5 Å². The average molecular weight is 263 g/mol. The maximum Gasteiger partial charge on any atom is 0.0726 e. The largest absolute Gasteiger partial charge is 0.372 e. The van der Waals surface area contributed by atoms with Crippen LogP contribution < -0.4 is 10.2 Å². The van der Waals surface area contributed by atoms with E-state index in [1.165, 1.54) is 11.3 Å². The predicted octanol–water partition coefficient (Wildman–Crippen LogP) is 2.11. The van der Waals surface area contributed by atoms with E-state index in [2.05, 4.69) is 42.0 Å². The molecule has 0 bridgehead atoms. The highest BCUT2D eigenvalue weighted by atomic mass is 16.5. The molecule has 2 atom stereocenters. The number of aryl methyl sites for hydroxylation is 1. The zero-order valence-corrected chi connectivity index (χ0v) is 12.4. The Balaban J connectivity index is 2.23. The smallest absolute Gasteiger partial charge is 0.0726 e. The summed E-state index contributed by atoms with van der Waals surface area (Å²) in [5.74, 6) is 0. The summed E-state index contributed by atoms with van der Waals surface area (Å²) in [5, 5.41) is 3.39. The molecule has 2 unspecified atom stereocenters. The Kier molecular flexibility index (Phi) is 4.77. The second kappa shape index (κ2) is 6.35. The SMILES string of the molecule is CCNCc1cnc(C)cc1N1CC(C)OC(C)C1. The molecule has 1 aromatic rings. The van der Waals surface area contributed by atoms with E-state index in [1.807, 2.05) is 13.1 Å². The minimum Gasteiger partial charge on any atom is -0.372 e. The molecule has 1 saturated heterocycles. The van der Waals surface area contributed by atoms with Crippen molar-refractivity contribution in [2.45, 2.75) is 46.4 Å². The first kappa shape index (κ1) is 14.3. The molecule has 2 heterocycles. The van der Waals surface area contributed by atoms with Crippen LogP contribution in [0.25, 0.3) is 0 Å². The maximum atomic E-state index is 5.82. The second-order valence-electron chi connectivity index (χ2n) is 5.40. The van der Waals surface area contributed by atoms with Crippen molar-refractivity contribution in [2.24, 2.45) is 0 Å². The molecule has 0 spiro atoms. The third-order valence-corrected chi connectivity index (χ3v) is 3.42. The lowest BCUT2D eigenvalue weighted by atomic mass is 10.1. The molecule has 106 valence electrons. The van der Waals surface area contributed by atoms with Crippen molar-refractivity contribution in [1.82, 2.24) is 10.3 Å². The Morgan fingerprint density at radius 3 is 2.68 bits per heavy atom. The molecule has 0 radical (unpaired) electrons. The van der Waals surface area contributed by atoms with E-state index in [4.69, 9.17) is 4.74 Å². The number of anilines is 1. The van der Waals surface area contributed by atoms with E-state index in [0.29, 0.717) is 0 Å². The average Bonchev–Trinajstić information content (AvgIpc) is 2.36. The Morgan fingerprint density at radius 1 is 1.37 bits per heavy atom. The van der Waals surface area contributed by atoms with Gasteiger partial charge in [-0.25, -0.2) is 0 Å². The summed E-state index contributed by atoms with van der Waals surface area (Å²) in [4.78, 5) is 6.86. The van der Waals surface area contributed by atoms with Crippen LogP contribution in [-0.4, -0.2) is 36.8 Å². The summed E-state index contributed by atoms with van der Waals surface area (Å²) < 4.78 is 5.82. The van der Waals surface area contributed by atoms with Crippen LogP contribution in [0.2, 0.25) is 0 Å². The molecule has 1 N–H and O–H groups in total. The van der Waals surface area contributed by atoms with Gasteiger partial charge in [-0.15, -0.1) is 0 Å². The van der Waals surface area contributed by atoms with E-state index < -0.39 is 0 Å². The van der Waals surface area contributed by atoms with E-state index >= 15 is 0 Å². The van der Waals surface area contributed by atoms with Crippen LogP contribution in [0.3, 0.4) is 0 Å². The summed E-state index contributed by atoms with van der Waals surface area (Å²) in [6.07, 6.45) is 2.56. The number of aromatic nitrogens is 1. The number of rotatable bonds is 4. The van der Waals surface area contributed by atoms with Gasteiger partial charge in [0.1, 0.15) is 0 Å². The number of ether oxygens (including phenoxy) is 1. The third-order valence-electron chi connectivity index (χ3n) is 3.42. The highest BCUT2D eigenvalue weighted by Gasteiger charge is 2.24. The van der Waals surface area contributed by atoms with E-state index in [9.17, 15) is 0 Å². The number of pyridine rings is 1. The number of hydrogen-bond acceptors (Lipinski definition) is 4. The molecule has 1 fully saturated rings. The van der Waals surface area contributed by atoms with Crippen LogP contribution in [0, 0.1) is 6.92 Å². The van der Waals surface area contributed by atoms with Crippen LogP contribution in [-0.2, 0) is 11.3 Å². The molecule has 0 amide bonds. The molecular formula is C15H25N3O. The molecule has 0 saturated carbocycles. The lowest BCUT2D eigenvalue weighted by Crippen LogP contribution is -2.46. The van der Waals surface area contributed by atoms with Gasteiger partial charge in [0.25, 0.3) is 0 Å². The number of nitrogens with one attached hydrogen (secondary N) is 1. The quantitative estimate of drug-likeness (QED) is 0.903. The van der Waals surface area contributed by atoms with Crippen molar-refractivity contribution in [3.05, 3.63) is 23.5 Å². The Morgan fingerprint density at radius 2 is 2.05 bits per heavy atom. The Bertz CT molecular complexity index is 412. The van der Waals surface area contributed by atoms with Crippen molar-refractivity contribution in [3.8, 4) is 0 Å². The lowest BCUT2D eigenvalue weighted by molar-refractivity contribution is -0.00527. The summed E-state index contributed by atoms with van der Waals surface area (Å²) in [6, 6.07) is 2.19. The van der Waals surface area contributed by atoms with E-state index in [1.54, 1.807) is 0 Å². The Hall–Kier alpha value is -1.13. The van der Waals surface area contributed by atoms with E-state index in [0.717, 1.165) is 31.9 Å². The van der Waals surface area contributed by atoms with Gasteiger partial charge in [0, 0.05) is 42.8 Å². The van der Waals surface area contributed by atoms with Gasteiger partial charge in [0.05, 0.1) is 12.2 Å². The van der Waals surface area contributed by atoms with Gasteiger partial charge in [-0.05, 0) is 33.4 Å². The van der Waals surface area contributed by atoms with Crippen LogP contribution in [0.5, 0.6) is 0 Å². The monoisotopic (exact) mass is 263 g/mol. The molecule has 1 aliphatic rings. The van der Waals surface area contributed by atoms with Crippen LogP contribution in [0.1, 0.15) is 32.0 Å². The molecule has 4 nitrogen and oxygen atoms in total. The van der Waals surface area contributed by atoms with Gasteiger partial charge in [-0.2, -0.15) is 0 Å². The fourth-order valence-electron chi connectivity index (χ4n) is 2.64. The van der Waals surface area contributed by atoms with Gasteiger partial charge in [-0.1, -0.05) is 6.92 Å². The predicted molar refractivity (Wildman–Crippen MR) is 78.6 cm³/mol. The molecule has 1 aliphatic heterocycles. The first-order valence-electron chi connectivity index (χ1n) is 7.16. The number of nitrogens with zero attached hydrogens (tertiary/aromatic N) is 2. The second-order valence-corrected chi connectivity index (χ2v) is 5.40. The molecule has 2 rings (SSSR count). The standard InChI is InChI=1S/C15H25N3O/c1-5-16-7-14-8-17-11(2)6-15(14)18-9-12(3)19-13(4)10-18/h6,8,12-13,16H,5,7,9-10H2,1-4H3. The van der Waals surface area contributed by atoms with Crippen LogP contribution in [0.4, 0.5) is 5.69 Å². The van der Waals surface area contributed by atoms with E-state index in [-0.39, 0.29) is 12.2 Å². The van der Waals surface area contributed by atoms with Crippen molar-refractivity contribution >= 4 is 5.69 Å². The molecule has 4 heteroatoms. The van der Waals surface area contributed by atoms with Gasteiger partial charge >= 0.3 is 0 Å². The molecule has 0 aliphatic carbocycles. The van der Waals surface area contributed by atoms with Crippen LogP contribution in [0.15, 0.2) is 12.3 Å². The molecule has 0 aromatic carbocycles. The fourth-order valence-corrected chi connectivity index (χ4v) is 2.64. The zero-order chi connectivity index (χ0) is 13.8. The maximum absolute atomic E-state index is 5.82. The minimum absolute atomic E-state index is 0.282. The lowest BCUT2D eigenvalue weighted by Gasteiger charge is -2.37. The summed E-state index contributed by atoms with van der Waals surface area (Å²) in [6.45, 7) is 12.2. The first-order valence-corrected chi connectivity index (χ1v) is 7.16. The highest BCUT2D eigenvalue weighted by molar-refractivity contribution is 5.54. The molecule has 19 heavy (non-hydrogen) atoms. The topological polar surface area (TPSA) is 37.4 Å². The zero-order valence-electron chi connectivity index (χ0n) is 12.4. The van der Waals surface area contributed by atoms with Gasteiger partial charge in [-0.3, -0.25) is 4.98 Å². The van der Waals surface area contributed by atoms with Crippen molar-refractivity contribution < 1.29 is 4.74 Å². The first-order chi connectivity index (χ1) is 9.10. The minimum atomic E-state index is 0.282. The van der Waals surface area contributed by atoms with Crippen molar-refractivity contribution in [3.63, 3.8) is 0 Å². The third kappa shape index (κ3) is 3.67. The Labute approximate surface area is 116 Å². The van der Waals surface area contributed by atoms with Crippen molar-refractivity contribution in [1.29, 1.82) is 0 Å². The molecular weight excluding hydrogens is 238 g/mol. The van der Waals surface area contributed by atoms with Crippen LogP contribution >= 0.6 is 0 Å². The fraction of sp³-hybridized carbons (Fsp3) is 0.667. The summed E-state index contributed by atoms with van der Waals surface area (Å²) >= 11 is 0. The normalized spacial score (nSPS) is 23.7. The highest BCUT2D eigenvalue weighted by Crippen LogP contribution is 2.24. The number of hydrogen-bond donors (Lipinski definition) is 1. The summed E-state index contributed by atoms with van der Waals surface area (Å²) in [7, 11) is 0. The summed E-state index contributed by atoms with van der Waals surface area (Å²) in [5.41, 5.74) is 3.64. The van der Waals surface area contributed by atoms with Gasteiger partial charge in [0.2, 0.25) is 0 Å². The van der Waals surface area contributed by atoms with Gasteiger partial charge < -0.3 is 15.0 Å². The molecule has 1 aromatic heterocycles. The van der Waals surface area contributed by atoms with Gasteiger partial charge in [0.15, 0.2) is 0 Å².